The molecule has 1 aliphatic rings. The summed E-state index contributed by atoms with van der Waals surface area (Å²) in [5, 5.41) is 2.09. The molecule has 0 aliphatic carbocycles. The van der Waals surface area contributed by atoms with Crippen LogP contribution in [0, 0.1) is 11.6 Å². The highest BCUT2D eigenvalue weighted by molar-refractivity contribution is 6.31. The molecule has 1 aromatic rings. The van der Waals surface area contributed by atoms with Gasteiger partial charge in [-0.05, 0) is 12.1 Å². The van der Waals surface area contributed by atoms with Crippen molar-refractivity contribution < 1.29 is 22.0 Å². The van der Waals surface area contributed by atoms with E-state index in [4.69, 9.17) is 11.6 Å². The van der Waals surface area contributed by atoms with E-state index in [1.807, 2.05) is 0 Å². The number of nitrogens with one attached hydrogen (secondary N) is 1. The molecule has 2 rings (SSSR count). The summed E-state index contributed by atoms with van der Waals surface area (Å²) < 4.78 is 67.0. The molecule has 0 radical (unpaired) electrons. The lowest BCUT2D eigenvalue weighted by molar-refractivity contribution is -0.188. The van der Waals surface area contributed by atoms with Crippen molar-refractivity contribution in [2.45, 2.75) is 12.2 Å². The van der Waals surface area contributed by atoms with Crippen molar-refractivity contribution in [3.8, 4) is 0 Å². The number of benzene rings is 1. The van der Waals surface area contributed by atoms with E-state index in [1.165, 1.54) is 0 Å². The molecule has 1 aromatic carbocycles. The first-order valence-corrected chi connectivity index (χ1v) is 6.35. The normalized spacial score (nSPS) is 18.2. The smallest absolute Gasteiger partial charge is 0.314 e. The molecule has 9 heteroatoms. The Kier molecular flexibility index (Phi) is 6.22. The predicted octanol–water partition coefficient (Wildman–Crippen LogP) is 3.55. The molecular weight excluding hydrogens is 338 g/mol. The van der Waals surface area contributed by atoms with Crippen molar-refractivity contribution in [2.24, 2.45) is 0 Å². The van der Waals surface area contributed by atoms with Crippen LogP contribution in [0.4, 0.5) is 22.0 Å². The van der Waals surface area contributed by atoms with Gasteiger partial charge in [0, 0.05) is 31.7 Å². The van der Waals surface area contributed by atoms with Crippen LogP contribution in [-0.2, 0) is 0 Å². The SMILES string of the molecule is Cl.Fc1ccc(F)c([C@@H](N2CCNCC2)C(F)(F)F)c1Cl. The predicted molar refractivity (Wildman–Crippen MR) is 71.9 cm³/mol. The standard InChI is InChI=1S/C12H12ClF5N2.ClH/c13-10-8(15)2-1-7(14)9(10)11(12(16,17)18)20-5-3-19-4-6-20;/h1-2,11,19H,3-6H2;1H/t11-;/m1./s1. The van der Waals surface area contributed by atoms with Crippen molar-refractivity contribution in [1.82, 2.24) is 10.2 Å². The third kappa shape index (κ3) is 3.97. The number of piperazine rings is 1. The van der Waals surface area contributed by atoms with Crippen molar-refractivity contribution in [3.05, 3.63) is 34.4 Å². The maximum Gasteiger partial charge on any atom is 0.408 e. The minimum Gasteiger partial charge on any atom is -0.314 e. The van der Waals surface area contributed by atoms with Crippen LogP contribution in [0.2, 0.25) is 5.02 Å². The van der Waals surface area contributed by atoms with Crippen LogP contribution in [0.3, 0.4) is 0 Å². The van der Waals surface area contributed by atoms with Crippen LogP contribution in [0.25, 0.3) is 0 Å². The zero-order chi connectivity index (χ0) is 14.9. The molecule has 0 amide bonds. The number of hydrogen-bond donors (Lipinski definition) is 1. The van der Waals surface area contributed by atoms with Crippen LogP contribution < -0.4 is 5.32 Å². The molecule has 2 nitrogen and oxygen atoms in total. The summed E-state index contributed by atoms with van der Waals surface area (Å²) in [4.78, 5) is 1.06. The molecule has 1 heterocycles. The Labute approximate surface area is 129 Å². The monoisotopic (exact) mass is 350 g/mol. The maximum absolute atomic E-state index is 13.8. The van der Waals surface area contributed by atoms with E-state index < -0.39 is 34.4 Å². The van der Waals surface area contributed by atoms with Crippen LogP contribution in [0.5, 0.6) is 0 Å². The van der Waals surface area contributed by atoms with Gasteiger partial charge < -0.3 is 5.32 Å². The molecule has 120 valence electrons. The first-order valence-electron chi connectivity index (χ1n) is 5.97. The Morgan fingerprint density at radius 2 is 1.62 bits per heavy atom. The van der Waals surface area contributed by atoms with Gasteiger partial charge in [-0.3, -0.25) is 4.90 Å². The topological polar surface area (TPSA) is 15.3 Å². The molecule has 1 atom stereocenters. The number of rotatable bonds is 2. The zero-order valence-corrected chi connectivity index (χ0v) is 12.3. The average molecular weight is 351 g/mol. The molecule has 1 N–H and O–H groups in total. The van der Waals surface area contributed by atoms with E-state index in [9.17, 15) is 22.0 Å². The van der Waals surface area contributed by atoms with Gasteiger partial charge in [-0.25, -0.2) is 8.78 Å². The maximum atomic E-state index is 13.8. The van der Waals surface area contributed by atoms with Crippen molar-refractivity contribution in [2.75, 3.05) is 26.2 Å². The number of hydrogen-bond acceptors (Lipinski definition) is 2. The fourth-order valence-corrected chi connectivity index (χ4v) is 2.54. The minimum absolute atomic E-state index is 0. The Morgan fingerprint density at radius 3 is 2.14 bits per heavy atom. The molecular formula is C12H13Cl2F5N2. The third-order valence-corrected chi connectivity index (χ3v) is 3.56. The lowest BCUT2D eigenvalue weighted by atomic mass is 10.0. The van der Waals surface area contributed by atoms with E-state index in [0.717, 1.165) is 4.90 Å². The summed E-state index contributed by atoms with van der Waals surface area (Å²) in [5.41, 5.74) is -0.846. The summed E-state index contributed by atoms with van der Waals surface area (Å²) in [6.07, 6.45) is -4.74. The van der Waals surface area contributed by atoms with E-state index in [2.05, 4.69) is 5.32 Å². The second kappa shape index (κ2) is 7.09. The Morgan fingerprint density at radius 1 is 1.10 bits per heavy atom. The molecule has 0 aromatic heterocycles. The minimum atomic E-state index is -4.74. The fraction of sp³-hybridized carbons (Fsp3) is 0.500. The Balaban J connectivity index is 0.00000220. The van der Waals surface area contributed by atoms with E-state index >= 15 is 0 Å². The molecule has 0 spiro atoms. The van der Waals surface area contributed by atoms with Crippen molar-refractivity contribution in [1.29, 1.82) is 0 Å². The fourth-order valence-electron chi connectivity index (χ4n) is 2.29. The van der Waals surface area contributed by atoms with Gasteiger partial charge in [-0.2, -0.15) is 13.2 Å². The third-order valence-electron chi connectivity index (χ3n) is 3.18. The van der Waals surface area contributed by atoms with Gasteiger partial charge in [0.25, 0.3) is 0 Å². The van der Waals surface area contributed by atoms with Gasteiger partial charge in [0.2, 0.25) is 0 Å². The second-order valence-corrected chi connectivity index (χ2v) is 4.86. The van der Waals surface area contributed by atoms with E-state index in [1.54, 1.807) is 0 Å². The highest BCUT2D eigenvalue weighted by Crippen LogP contribution is 2.42. The van der Waals surface area contributed by atoms with Crippen LogP contribution >= 0.6 is 24.0 Å². The first kappa shape index (κ1) is 18.4. The van der Waals surface area contributed by atoms with Crippen LogP contribution in [0.1, 0.15) is 11.6 Å². The molecule has 21 heavy (non-hydrogen) atoms. The molecule has 0 saturated carbocycles. The van der Waals surface area contributed by atoms with Crippen LogP contribution in [-0.4, -0.2) is 37.3 Å². The summed E-state index contributed by atoms with van der Waals surface area (Å²) in [6, 6.07) is -0.864. The molecule has 0 unspecified atom stereocenters. The number of alkyl halides is 3. The summed E-state index contributed by atoms with van der Waals surface area (Å²) in [7, 11) is 0. The van der Waals surface area contributed by atoms with Crippen molar-refractivity contribution >= 4 is 24.0 Å². The van der Waals surface area contributed by atoms with Gasteiger partial charge in [0.05, 0.1) is 5.02 Å². The largest absolute Gasteiger partial charge is 0.408 e. The van der Waals surface area contributed by atoms with E-state index in [0.29, 0.717) is 25.2 Å². The highest BCUT2D eigenvalue weighted by atomic mass is 35.5. The first-order chi connectivity index (χ1) is 9.32. The molecule has 1 saturated heterocycles. The Bertz CT molecular complexity index is 489. The van der Waals surface area contributed by atoms with Gasteiger partial charge in [0.1, 0.15) is 17.7 Å². The Hall–Kier alpha value is -0.630. The molecule has 1 fully saturated rings. The average Bonchev–Trinajstić information content (AvgIpc) is 2.39. The molecule has 1 aliphatic heterocycles. The van der Waals surface area contributed by atoms with Gasteiger partial charge in [0.15, 0.2) is 0 Å². The lowest BCUT2D eigenvalue weighted by Gasteiger charge is -2.36. The molecule has 0 bridgehead atoms. The summed E-state index contributed by atoms with van der Waals surface area (Å²) in [5.74, 6) is -2.22. The highest BCUT2D eigenvalue weighted by Gasteiger charge is 2.47. The quantitative estimate of drug-likeness (QED) is 0.648. The summed E-state index contributed by atoms with van der Waals surface area (Å²) in [6.45, 7) is 0.856. The van der Waals surface area contributed by atoms with Gasteiger partial charge >= 0.3 is 6.18 Å². The number of nitrogens with zero attached hydrogens (tertiary/aromatic N) is 1. The second-order valence-electron chi connectivity index (χ2n) is 4.49. The van der Waals surface area contributed by atoms with Gasteiger partial charge in [-0.1, -0.05) is 11.6 Å². The van der Waals surface area contributed by atoms with Gasteiger partial charge in [-0.15, -0.1) is 12.4 Å². The zero-order valence-electron chi connectivity index (χ0n) is 10.7. The van der Waals surface area contributed by atoms with E-state index in [-0.39, 0.29) is 25.5 Å². The van der Waals surface area contributed by atoms with Crippen molar-refractivity contribution in [3.63, 3.8) is 0 Å². The lowest BCUT2D eigenvalue weighted by Crippen LogP contribution is -2.49. The number of halogens is 7. The summed E-state index contributed by atoms with van der Waals surface area (Å²) >= 11 is 5.56. The van der Waals surface area contributed by atoms with Crippen LogP contribution in [0.15, 0.2) is 12.1 Å².